The van der Waals surface area contributed by atoms with Crippen molar-refractivity contribution < 1.29 is 4.74 Å². The molecule has 0 bridgehead atoms. The quantitative estimate of drug-likeness (QED) is 0.394. The highest BCUT2D eigenvalue weighted by molar-refractivity contribution is 7.99. The minimum atomic E-state index is 0.944. The van der Waals surface area contributed by atoms with Crippen LogP contribution in [0, 0.1) is 0 Å². The second-order valence-electron chi connectivity index (χ2n) is 5.53. The maximum absolute atomic E-state index is 5.18. The van der Waals surface area contributed by atoms with Gasteiger partial charge in [0.2, 0.25) is 0 Å². The van der Waals surface area contributed by atoms with Crippen molar-refractivity contribution in [3.8, 4) is 5.75 Å². The van der Waals surface area contributed by atoms with Gasteiger partial charge in [-0.15, -0.1) is 11.8 Å². The first kappa shape index (κ1) is 17.0. The Morgan fingerprint density at radius 2 is 1.45 bits per heavy atom. The van der Waals surface area contributed by atoms with Crippen LogP contribution in [0.1, 0.15) is 37.7 Å². The summed E-state index contributed by atoms with van der Waals surface area (Å²) in [7, 11) is 1.71. The summed E-state index contributed by atoms with van der Waals surface area (Å²) in [6, 6.07) is 19.1. The van der Waals surface area contributed by atoms with Gasteiger partial charge in [0.05, 0.1) is 7.11 Å². The maximum atomic E-state index is 5.18. The Morgan fingerprint density at radius 1 is 0.773 bits per heavy atom. The third kappa shape index (κ3) is 6.57. The summed E-state index contributed by atoms with van der Waals surface area (Å²) < 4.78 is 5.18. The molecule has 0 spiro atoms. The Labute approximate surface area is 139 Å². The minimum absolute atomic E-state index is 0.944. The molecule has 0 N–H and O–H groups in total. The van der Waals surface area contributed by atoms with E-state index in [1.54, 1.807) is 7.11 Å². The number of hydrogen-bond acceptors (Lipinski definition) is 2. The van der Waals surface area contributed by atoms with Crippen molar-refractivity contribution in [2.75, 3.05) is 12.9 Å². The van der Waals surface area contributed by atoms with E-state index in [-0.39, 0.29) is 0 Å². The van der Waals surface area contributed by atoms with Gasteiger partial charge in [0.25, 0.3) is 0 Å². The molecule has 0 atom stereocenters. The van der Waals surface area contributed by atoms with Crippen molar-refractivity contribution >= 4 is 11.8 Å². The number of hydrogen-bond donors (Lipinski definition) is 0. The second-order valence-corrected chi connectivity index (χ2v) is 6.70. The second kappa shape index (κ2) is 10.3. The van der Waals surface area contributed by atoms with Gasteiger partial charge in [-0.1, -0.05) is 49.6 Å². The summed E-state index contributed by atoms with van der Waals surface area (Å²) in [6.45, 7) is 0. The highest BCUT2D eigenvalue weighted by atomic mass is 32.2. The summed E-state index contributed by atoms with van der Waals surface area (Å²) >= 11 is 1.97. The van der Waals surface area contributed by atoms with Crippen LogP contribution in [-0.2, 0) is 6.42 Å². The van der Waals surface area contributed by atoms with Crippen LogP contribution < -0.4 is 4.74 Å². The van der Waals surface area contributed by atoms with E-state index in [0.717, 1.165) is 5.75 Å². The number of ether oxygens (including phenoxy) is 1. The molecule has 0 unspecified atom stereocenters. The van der Waals surface area contributed by atoms with E-state index >= 15 is 0 Å². The molecule has 0 radical (unpaired) electrons. The predicted molar refractivity (Wildman–Crippen MR) is 96.9 cm³/mol. The SMILES string of the molecule is COc1ccc(CCCCCCCSc2ccccc2)cc1. The average molecular weight is 314 g/mol. The fraction of sp³-hybridized carbons (Fsp3) is 0.400. The Hall–Kier alpha value is -1.41. The molecule has 0 heterocycles. The van der Waals surface area contributed by atoms with Crippen molar-refractivity contribution in [3.63, 3.8) is 0 Å². The van der Waals surface area contributed by atoms with Gasteiger partial charge in [0.1, 0.15) is 5.75 Å². The summed E-state index contributed by atoms with van der Waals surface area (Å²) in [5, 5.41) is 0. The van der Waals surface area contributed by atoms with E-state index < -0.39 is 0 Å². The molecule has 0 aliphatic rings. The summed E-state index contributed by atoms with van der Waals surface area (Å²) in [5.74, 6) is 2.18. The third-order valence-electron chi connectivity index (χ3n) is 3.78. The lowest BCUT2D eigenvalue weighted by molar-refractivity contribution is 0.414. The first-order valence-electron chi connectivity index (χ1n) is 8.19. The zero-order valence-electron chi connectivity index (χ0n) is 13.5. The fourth-order valence-corrected chi connectivity index (χ4v) is 3.39. The van der Waals surface area contributed by atoms with Crippen molar-refractivity contribution in [2.45, 2.75) is 43.4 Å². The van der Waals surface area contributed by atoms with E-state index in [4.69, 9.17) is 4.74 Å². The molecule has 2 aromatic carbocycles. The van der Waals surface area contributed by atoms with Crippen LogP contribution in [0.15, 0.2) is 59.5 Å². The van der Waals surface area contributed by atoms with Crippen LogP contribution >= 0.6 is 11.8 Å². The molecule has 0 fully saturated rings. The van der Waals surface area contributed by atoms with Crippen molar-refractivity contribution in [1.82, 2.24) is 0 Å². The number of unbranched alkanes of at least 4 members (excludes halogenated alkanes) is 4. The topological polar surface area (TPSA) is 9.23 Å². The molecule has 118 valence electrons. The molecular formula is C20H26OS. The van der Waals surface area contributed by atoms with E-state index in [1.165, 1.54) is 54.7 Å². The molecule has 0 saturated heterocycles. The summed E-state index contributed by atoms with van der Waals surface area (Å²) in [4.78, 5) is 1.39. The van der Waals surface area contributed by atoms with Crippen LogP contribution in [0.25, 0.3) is 0 Å². The Morgan fingerprint density at radius 3 is 2.18 bits per heavy atom. The lowest BCUT2D eigenvalue weighted by Gasteiger charge is -2.04. The number of methoxy groups -OCH3 is 1. The number of aryl methyl sites for hydroxylation is 1. The highest BCUT2D eigenvalue weighted by Gasteiger charge is 1.97. The summed E-state index contributed by atoms with van der Waals surface area (Å²) in [5.41, 5.74) is 1.42. The summed E-state index contributed by atoms with van der Waals surface area (Å²) in [6.07, 6.45) is 7.83. The molecule has 0 saturated carbocycles. The van der Waals surface area contributed by atoms with Gasteiger partial charge in [-0.3, -0.25) is 0 Å². The van der Waals surface area contributed by atoms with Crippen molar-refractivity contribution in [1.29, 1.82) is 0 Å². The van der Waals surface area contributed by atoms with Crippen molar-refractivity contribution in [2.24, 2.45) is 0 Å². The Kier molecular flexibility index (Phi) is 7.97. The average Bonchev–Trinajstić information content (AvgIpc) is 2.59. The van der Waals surface area contributed by atoms with E-state index in [2.05, 4.69) is 54.6 Å². The molecular weight excluding hydrogens is 288 g/mol. The molecule has 22 heavy (non-hydrogen) atoms. The number of rotatable bonds is 10. The molecule has 0 aliphatic carbocycles. The third-order valence-corrected chi connectivity index (χ3v) is 4.88. The van der Waals surface area contributed by atoms with Gasteiger partial charge in [0.15, 0.2) is 0 Å². The molecule has 1 nitrogen and oxygen atoms in total. The Balaban J connectivity index is 1.47. The number of benzene rings is 2. The van der Waals surface area contributed by atoms with Gasteiger partial charge in [-0.2, -0.15) is 0 Å². The molecule has 0 aliphatic heterocycles. The van der Waals surface area contributed by atoms with Gasteiger partial charge < -0.3 is 4.74 Å². The molecule has 2 aromatic rings. The van der Waals surface area contributed by atoms with Crippen molar-refractivity contribution in [3.05, 3.63) is 60.2 Å². The molecule has 0 aromatic heterocycles. The van der Waals surface area contributed by atoms with Crippen LogP contribution in [0.4, 0.5) is 0 Å². The zero-order chi connectivity index (χ0) is 15.5. The zero-order valence-corrected chi connectivity index (χ0v) is 14.3. The normalized spacial score (nSPS) is 10.6. The van der Waals surface area contributed by atoms with Crippen LogP contribution in [0.3, 0.4) is 0 Å². The van der Waals surface area contributed by atoms with E-state index in [1.807, 2.05) is 11.8 Å². The standard InChI is InChI=1S/C20H26OS/c1-21-19-15-13-18(14-16-19)10-6-3-2-4-9-17-22-20-11-7-5-8-12-20/h5,7-8,11-16H,2-4,6,9-10,17H2,1H3. The molecule has 2 rings (SSSR count). The van der Waals surface area contributed by atoms with Gasteiger partial charge in [-0.05, 0) is 54.8 Å². The monoisotopic (exact) mass is 314 g/mol. The molecule has 2 heteroatoms. The lowest BCUT2D eigenvalue weighted by Crippen LogP contribution is -1.88. The minimum Gasteiger partial charge on any atom is -0.497 e. The van der Waals surface area contributed by atoms with Crippen LogP contribution in [0.2, 0.25) is 0 Å². The van der Waals surface area contributed by atoms with Crippen LogP contribution in [-0.4, -0.2) is 12.9 Å². The largest absolute Gasteiger partial charge is 0.497 e. The first-order valence-corrected chi connectivity index (χ1v) is 9.18. The lowest BCUT2D eigenvalue weighted by atomic mass is 10.1. The highest BCUT2D eigenvalue weighted by Crippen LogP contribution is 2.19. The van der Waals surface area contributed by atoms with E-state index in [0.29, 0.717) is 0 Å². The van der Waals surface area contributed by atoms with Crippen LogP contribution in [0.5, 0.6) is 5.75 Å². The number of thioether (sulfide) groups is 1. The van der Waals surface area contributed by atoms with Gasteiger partial charge in [0, 0.05) is 4.90 Å². The predicted octanol–water partition coefficient (Wildman–Crippen LogP) is 5.98. The van der Waals surface area contributed by atoms with E-state index in [9.17, 15) is 0 Å². The fourth-order valence-electron chi connectivity index (χ4n) is 2.46. The Bertz CT molecular complexity index is 507. The van der Waals surface area contributed by atoms with Gasteiger partial charge >= 0.3 is 0 Å². The molecule has 0 amide bonds. The van der Waals surface area contributed by atoms with Gasteiger partial charge in [-0.25, -0.2) is 0 Å². The maximum Gasteiger partial charge on any atom is 0.118 e. The smallest absolute Gasteiger partial charge is 0.118 e. The first-order chi connectivity index (χ1) is 10.9.